The number of esters is 1. The molecule has 0 aliphatic carbocycles. The van der Waals surface area contributed by atoms with E-state index in [9.17, 15) is 9.82 Å². The van der Waals surface area contributed by atoms with Crippen molar-refractivity contribution in [2.75, 3.05) is 6.61 Å². The van der Waals surface area contributed by atoms with E-state index in [1.54, 1.807) is 19.1 Å². The van der Waals surface area contributed by atoms with Crippen LogP contribution in [0.5, 0.6) is 10.9 Å². The highest BCUT2D eigenvalue weighted by atomic mass is 32.1. The summed E-state index contributed by atoms with van der Waals surface area (Å²) in [6.07, 6.45) is 0.924. The first-order valence-corrected chi connectivity index (χ1v) is 8.50. The number of rotatable bonds is 5. The number of aromatic nitrogens is 1. The first-order valence-electron chi connectivity index (χ1n) is 7.69. The van der Waals surface area contributed by atoms with E-state index in [0.717, 1.165) is 22.5 Å². The third kappa shape index (κ3) is 3.66. The van der Waals surface area contributed by atoms with E-state index >= 15 is 0 Å². The van der Waals surface area contributed by atoms with Gasteiger partial charge < -0.3 is 19.2 Å². The van der Waals surface area contributed by atoms with E-state index in [-0.39, 0.29) is 12.4 Å². The summed E-state index contributed by atoms with van der Waals surface area (Å²) >= 11 is 1.13. The quantitative estimate of drug-likeness (QED) is 0.643. The van der Waals surface area contributed by atoms with Crippen LogP contribution >= 0.6 is 11.3 Å². The lowest BCUT2D eigenvalue weighted by molar-refractivity contribution is -0.145. The topological polar surface area (TPSA) is 102 Å². The molecule has 0 radical (unpaired) electrons. The van der Waals surface area contributed by atoms with Gasteiger partial charge in [-0.15, -0.1) is 0 Å². The Morgan fingerprint density at radius 1 is 1.56 bits per heavy atom. The van der Waals surface area contributed by atoms with Crippen molar-refractivity contribution < 1.29 is 23.9 Å². The predicted molar refractivity (Wildman–Crippen MR) is 90.8 cm³/mol. The average molecular weight is 358 g/mol. The van der Waals surface area contributed by atoms with Crippen molar-refractivity contribution in [2.24, 2.45) is 0 Å². The molecule has 1 aromatic heterocycles. The monoisotopic (exact) mass is 358 g/mol. The number of ether oxygens (including phenoxy) is 2. The molecular formula is C16H15BN2O5S. The molecule has 2 aromatic rings. The molecule has 1 atom stereocenters. The fourth-order valence-electron chi connectivity index (χ4n) is 2.77. The summed E-state index contributed by atoms with van der Waals surface area (Å²) in [5.41, 5.74) is 2.15. The molecule has 0 fully saturated rings. The molecule has 0 amide bonds. The summed E-state index contributed by atoms with van der Waals surface area (Å²) in [5.74, 6) is 0.105. The third-order valence-corrected chi connectivity index (χ3v) is 4.51. The molecule has 1 unspecified atom stereocenters. The van der Waals surface area contributed by atoms with Gasteiger partial charge in [0.15, 0.2) is 0 Å². The molecule has 0 bridgehead atoms. The number of carbonyl (C=O) groups is 1. The minimum Gasteiger partial charge on any atom is -0.466 e. The zero-order valence-corrected chi connectivity index (χ0v) is 14.5. The molecule has 9 heteroatoms. The maximum atomic E-state index is 11.7. The van der Waals surface area contributed by atoms with Crippen LogP contribution in [-0.4, -0.2) is 29.7 Å². The van der Waals surface area contributed by atoms with Gasteiger partial charge in [0.2, 0.25) is 0 Å². The predicted octanol–water partition coefficient (Wildman–Crippen LogP) is 1.83. The van der Waals surface area contributed by atoms with Crippen molar-refractivity contribution in [2.45, 2.75) is 26.4 Å². The average Bonchev–Trinajstić information content (AvgIpc) is 3.13. The fraction of sp³-hybridized carbons (Fsp3) is 0.312. The molecule has 128 valence electrons. The molecule has 0 spiro atoms. The number of nitriles is 1. The van der Waals surface area contributed by atoms with Gasteiger partial charge in [-0.25, -0.2) is 4.98 Å². The van der Waals surface area contributed by atoms with Gasteiger partial charge in [0.05, 0.1) is 25.3 Å². The second-order valence-corrected chi connectivity index (χ2v) is 6.43. The number of hydrogen-bond donors (Lipinski definition) is 1. The van der Waals surface area contributed by atoms with Crippen LogP contribution in [0, 0.1) is 18.3 Å². The van der Waals surface area contributed by atoms with Gasteiger partial charge in [-0.05, 0) is 42.6 Å². The normalized spacial score (nSPS) is 15.6. The highest BCUT2D eigenvalue weighted by molar-refractivity contribution is 7.13. The maximum absolute atomic E-state index is 11.7. The summed E-state index contributed by atoms with van der Waals surface area (Å²) in [7, 11) is -1.14. The van der Waals surface area contributed by atoms with Gasteiger partial charge in [-0.2, -0.15) is 5.26 Å². The van der Waals surface area contributed by atoms with Crippen molar-refractivity contribution in [1.29, 1.82) is 5.26 Å². The number of fused-ring (bicyclic) bond motifs is 1. The van der Waals surface area contributed by atoms with E-state index < -0.39 is 13.2 Å². The minimum atomic E-state index is -1.14. The lowest BCUT2D eigenvalue weighted by atomic mass is 9.77. The Kier molecular flexibility index (Phi) is 5.04. The van der Waals surface area contributed by atoms with Crippen LogP contribution in [0.1, 0.15) is 35.5 Å². The van der Waals surface area contributed by atoms with Crippen LogP contribution < -0.4 is 10.2 Å². The minimum absolute atomic E-state index is 0.0386. The summed E-state index contributed by atoms with van der Waals surface area (Å²) in [6, 6.07) is 5.44. The Morgan fingerprint density at radius 2 is 2.36 bits per heavy atom. The Bertz CT molecular complexity index is 848. The van der Waals surface area contributed by atoms with E-state index in [4.69, 9.17) is 19.4 Å². The first kappa shape index (κ1) is 17.4. The van der Waals surface area contributed by atoms with Crippen LogP contribution in [0.2, 0.25) is 0 Å². The van der Waals surface area contributed by atoms with Crippen LogP contribution in [0.25, 0.3) is 0 Å². The summed E-state index contributed by atoms with van der Waals surface area (Å²) in [4.78, 5) is 16.2. The second-order valence-electron chi connectivity index (χ2n) is 5.43. The zero-order valence-electron chi connectivity index (χ0n) is 13.7. The molecule has 1 aliphatic rings. The van der Waals surface area contributed by atoms with Gasteiger partial charge in [0.1, 0.15) is 16.7 Å². The Balaban J connectivity index is 1.84. The maximum Gasteiger partial charge on any atom is 0.492 e. The standard InChI is InChI=1S/C16H15BN2O5S/c1-3-22-14(20)6-13-15-9(2)4-10(5-12(15)17(21)24-13)23-16-19-8-11(7-18)25-16/h4-5,8,13,21H,3,6H2,1-2H3. The van der Waals surface area contributed by atoms with Crippen LogP contribution in [-0.2, 0) is 14.2 Å². The van der Waals surface area contributed by atoms with Gasteiger partial charge >= 0.3 is 13.1 Å². The summed E-state index contributed by atoms with van der Waals surface area (Å²) in [6.45, 7) is 3.89. The molecule has 1 N–H and O–H groups in total. The lowest BCUT2D eigenvalue weighted by Crippen LogP contribution is -2.28. The number of aryl methyl sites for hydroxylation is 1. The van der Waals surface area contributed by atoms with Gasteiger partial charge in [0.25, 0.3) is 5.19 Å². The Hall–Kier alpha value is -2.41. The molecule has 7 nitrogen and oxygen atoms in total. The molecule has 1 aromatic carbocycles. The first-order chi connectivity index (χ1) is 12.0. The Morgan fingerprint density at radius 3 is 3.04 bits per heavy atom. The van der Waals surface area contributed by atoms with Crippen molar-refractivity contribution in [3.8, 4) is 17.0 Å². The van der Waals surface area contributed by atoms with E-state index in [2.05, 4.69) is 4.98 Å². The van der Waals surface area contributed by atoms with Crippen LogP contribution in [0.4, 0.5) is 0 Å². The molecule has 25 heavy (non-hydrogen) atoms. The lowest BCUT2D eigenvalue weighted by Gasteiger charge is -2.14. The van der Waals surface area contributed by atoms with Gasteiger partial charge in [-0.1, -0.05) is 11.3 Å². The molecular weight excluding hydrogens is 343 g/mol. The van der Waals surface area contributed by atoms with Crippen LogP contribution in [0.3, 0.4) is 0 Å². The van der Waals surface area contributed by atoms with Crippen molar-refractivity contribution >= 4 is 29.9 Å². The molecule has 0 saturated carbocycles. The van der Waals surface area contributed by atoms with Gasteiger partial charge in [-0.3, -0.25) is 4.79 Å². The number of thiazole rings is 1. The van der Waals surface area contributed by atoms with E-state index in [1.807, 2.05) is 13.0 Å². The van der Waals surface area contributed by atoms with E-state index in [0.29, 0.717) is 27.9 Å². The number of nitrogens with zero attached hydrogens (tertiary/aromatic N) is 2. The van der Waals surface area contributed by atoms with Crippen LogP contribution in [0.15, 0.2) is 18.3 Å². The number of carbonyl (C=O) groups excluding carboxylic acids is 1. The summed E-state index contributed by atoms with van der Waals surface area (Å²) in [5, 5.41) is 19.3. The highest BCUT2D eigenvalue weighted by Gasteiger charge is 2.38. The van der Waals surface area contributed by atoms with Crippen molar-refractivity contribution in [1.82, 2.24) is 4.98 Å². The SMILES string of the molecule is CCOC(=O)CC1OB(O)c2cc(Oc3ncc(C#N)s3)cc(C)c21. The smallest absolute Gasteiger partial charge is 0.466 e. The van der Waals surface area contributed by atoms with Gasteiger partial charge in [0, 0.05) is 0 Å². The number of hydrogen-bond acceptors (Lipinski definition) is 8. The largest absolute Gasteiger partial charge is 0.492 e. The molecule has 0 saturated heterocycles. The molecule has 3 rings (SSSR count). The highest BCUT2D eigenvalue weighted by Crippen LogP contribution is 2.34. The van der Waals surface area contributed by atoms with Crippen molar-refractivity contribution in [3.63, 3.8) is 0 Å². The van der Waals surface area contributed by atoms with Crippen molar-refractivity contribution in [3.05, 3.63) is 34.3 Å². The molecule has 2 heterocycles. The van der Waals surface area contributed by atoms with E-state index in [1.165, 1.54) is 6.20 Å². The zero-order chi connectivity index (χ0) is 18.0. The Labute approximate surface area is 148 Å². The summed E-state index contributed by atoms with van der Waals surface area (Å²) < 4.78 is 16.1. The molecule has 1 aliphatic heterocycles. The fourth-order valence-corrected chi connectivity index (χ4v) is 3.35. The third-order valence-electron chi connectivity index (χ3n) is 3.73. The number of benzene rings is 1. The second kappa shape index (κ2) is 7.23.